The van der Waals surface area contributed by atoms with Crippen LogP contribution in [0.3, 0.4) is 0 Å². The topological polar surface area (TPSA) is 18.5 Å². The van der Waals surface area contributed by atoms with Gasteiger partial charge in [0.25, 0.3) is 0 Å². The Morgan fingerprint density at radius 2 is 1.88 bits per heavy atom. The van der Waals surface area contributed by atoms with E-state index in [0.717, 1.165) is 22.6 Å². The Hall–Kier alpha value is -1.96. The molecule has 0 heterocycles. The van der Waals surface area contributed by atoms with E-state index in [0.29, 0.717) is 6.61 Å². The van der Waals surface area contributed by atoms with Crippen LogP contribution < -0.4 is 9.47 Å². The van der Waals surface area contributed by atoms with Gasteiger partial charge in [-0.15, -0.1) is 0 Å². The second-order valence-corrected chi connectivity index (χ2v) is 3.58. The van der Waals surface area contributed by atoms with E-state index in [1.54, 1.807) is 7.11 Å². The maximum Gasteiger partial charge on any atom is 0.127 e. The van der Waals surface area contributed by atoms with Gasteiger partial charge in [0, 0.05) is 5.56 Å². The van der Waals surface area contributed by atoms with Crippen molar-refractivity contribution in [2.75, 3.05) is 13.7 Å². The van der Waals surface area contributed by atoms with Gasteiger partial charge >= 0.3 is 0 Å². The first-order chi connectivity index (χ1) is 8.35. The van der Waals surface area contributed by atoms with Crippen LogP contribution in [-0.2, 0) is 0 Å². The third-order valence-electron chi connectivity index (χ3n) is 2.53. The van der Waals surface area contributed by atoms with Crippen LogP contribution in [0.15, 0.2) is 42.5 Å². The lowest BCUT2D eigenvalue weighted by molar-refractivity contribution is 0.341. The van der Waals surface area contributed by atoms with Crippen LogP contribution >= 0.6 is 0 Å². The Balaban J connectivity index is 2.37. The van der Waals surface area contributed by atoms with Gasteiger partial charge < -0.3 is 9.47 Å². The van der Waals surface area contributed by atoms with Gasteiger partial charge in [0.05, 0.1) is 13.7 Å². The van der Waals surface area contributed by atoms with Gasteiger partial charge in [0.1, 0.15) is 11.5 Å². The predicted molar refractivity (Wildman–Crippen MR) is 68.4 cm³/mol. The molecule has 0 aromatic heterocycles. The molecular weight excluding hydrogens is 212 g/mol. The first-order valence-electron chi connectivity index (χ1n) is 5.62. The SMILES string of the molecule is CCOc1c[c]ccc1-c1ccc(OC)cc1. The molecule has 2 aromatic rings. The lowest BCUT2D eigenvalue weighted by atomic mass is 10.0. The zero-order chi connectivity index (χ0) is 12.1. The van der Waals surface area contributed by atoms with E-state index in [1.807, 2.05) is 49.4 Å². The van der Waals surface area contributed by atoms with E-state index in [2.05, 4.69) is 6.07 Å². The molecule has 0 fully saturated rings. The molecule has 2 heteroatoms. The zero-order valence-corrected chi connectivity index (χ0v) is 10.1. The summed E-state index contributed by atoms with van der Waals surface area (Å²) in [6.07, 6.45) is 0. The fourth-order valence-electron chi connectivity index (χ4n) is 1.70. The number of ether oxygens (including phenoxy) is 2. The molecule has 2 nitrogen and oxygen atoms in total. The summed E-state index contributed by atoms with van der Waals surface area (Å²) in [5.41, 5.74) is 2.19. The van der Waals surface area contributed by atoms with Crippen LogP contribution in [0.5, 0.6) is 11.5 Å². The average Bonchev–Trinajstić information content (AvgIpc) is 2.40. The quantitative estimate of drug-likeness (QED) is 0.795. The van der Waals surface area contributed by atoms with E-state index in [9.17, 15) is 0 Å². The Labute approximate surface area is 102 Å². The summed E-state index contributed by atoms with van der Waals surface area (Å²) in [7, 11) is 1.66. The van der Waals surface area contributed by atoms with Gasteiger partial charge in [-0.1, -0.05) is 24.3 Å². The molecular formula is C15H15O2. The van der Waals surface area contributed by atoms with E-state index >= 15 is 0 Å². The lowest BCUT2D eigenvalue weighted by Crippen LogP contribution is -1.93. The first-order valence-corrected chi connectivity index (χ1v) is 5.62. The molecule has 0 unspecified atom stereocenters. The molecule has 17 heavy (non-hydrogen) atoms. The zero-order valence-electron chi connectivity index (χ0n) is 10.1. The Morgan fingerprint density at radius 3 is 2.53 bits per heavy atom. The minimum atomic E-state index is 0.654. The molecule has 0 aliphatic heterocycles. The monoisotopic (exact) mass is 227 g/mol. The minimum Gasteiger partial charge on any atom is -0.497 e. The van der Waals surface area contributed by atoms with Crippen molar-refractivity contribution in [3.8, 4) is 22.6 Å². The molecule has 0 aliphatic carbocycles. The Morgan fingerprint density at radius 1 is 1.12 bits per heavy atom. The molecule has 0 amide bonds. The average molecular weight is 227 g/mol. The fraction of sp³-hybridized carbons (Fsp3) is 0.200. The van der Waals surface area contributed by atoms with Crippen molar-refractivity contribution in [3.05, 3.63) is 48.5 Å². The molecule has 0 spiro atoms. The predicted octanol–water partition coefficient (Wildman–Crippen LogP) is 3.56. The molecule has 0 atom stereocenters. The Kier molecular flexibility index (Phi) is 3.66. The second kappa shape index (κ2) is 5.39. The van der Waals surface area contributed by atoms with Crippen LogP contribution in [0.4, 0.5) is 0 Å². The molecule has 0 N–H and O–H groups in total. The first kappa shape index (κ1) is 11.5. The van der Waals surface area contributed by atoms with Crippen molar-refractivity contribution >= 4 is 0 Å². The summed E-state index contributed by atoms with van der Waals surface area (Å²) in [5.74, 6) is 1.72. The van der Waals surface area contributed by atoms with Gasteiger partial charge in [-0.2, -0.15) is 0 Å². The highest BCUT2D eigenvalue weighted by molar-refractivity contribution is 5.70. The van der Waals surface area contributed by atoms with Gasteiger partial charge in [-0.25, -0.2) is 0 Å². The van der Waals surface area contributed by atoms with Gasteiger partial charge in [-0.3, -0.25) is 0 Å². The fourth-order valence-corrected chi connectivity index (χ4v) is 1.70. The number of methoxy groups -OCH3 is 1. The summed E-state index contributed by atoms with van der Waals surface area (Å²) < 4.78 is 10.7. The van der Waals surface area contributed by atoms with E-state index in [1.165, 1.54) is 0 Å². The summed E-state index contributed by atoms with van der Waals surface area (Å²) in [6.45, 7) is 2.63. The number of hydrogen-bond acceptors (Lipinski definition) is 2. The second-order valence-electron chi connectivity index (χ2n) is 3.58. The highest BCUT2D eigenvalue weighted by atomic mass is 16.5. The van der Waals surface area contributed by atoms with Crippen LogP contribution in [0, 0.1) is 6.07 Å². The van der Waals surface area contributed by atoms with E-state index < -0.39 is 0 Å². The normalized spacial score (nSPS) is 10.0. The molecule has 2 rings (SSSR count). The van der Waals surface area contributed by atoms with Crippen molar-refractivity contribution in [2.24, 2.45) is 0 Å². The maximum atomic E-state index is 5.59. The van der Waals surface area contributed by atoms with Crippen LogP contribution in [0.1, 0.15) is 6.92 Å². The van der Waals surface area contributed by atoms with Gasteiger partial charge in [0.15, 0.2) is 0 Å². The third-order valence-corrected chi connectivity index (χ3v) is 2.53. The Bertz CT molecular complexity index is 475. The molecule has 0 saturated heterocycles. The van der Waals surface area contributed by atoms with Gasteiger partial charge in [-0.05, 0) is 36.8 Å². The van der Waals surface area contributed by atoms with Crippen molar-refractivity contribution in [1.29, 1.82) is 0 Å². The standard InChI is InChI=1S/C15H15O2/c1-3-17-15-7-5-4-6-14(15)12-8-10-13(16-2)11-9-12/h4,6-11H,3H2,1-2H3. The highest BCUT2D eigenvalue weighted by Crippen LogP contribution is 2.30. The molecule has 1 radical (unpaired) electrons. The number of hydrogen-bond donors (Lipinski definition) is 0. The summed E-state index contributed by atoms with van der Waals surface area (Å²) in [5, 5.41) is 0. The number of rotatable bonds is 4. The molecule has 0 saturated carbocycles. The molecule has 87 valence electrons. The molecule has 2 aromatic carbocycles. The van der Waals surface area contributed by atoms with Gasteiger partial charge in [0.2, 0.25) is 0 Å². The summed E-state index contributed by atoms with van der Waals surface area (Å²) in [4.78, 5) is 0. The van der Waals surface area contributed by atoms with Crippen molar-refractivity contribution < 1.29 is 9.47 Å². The van der Waals surface area contributed by atoms with Crippen LogP contribution in [0.2, 0.25) is 0 Å². The van der Waals surface area contributed by atoms with E-state index in [-0.39, 0.29) is 0 Å². The maximum absolute atomic E-state index is 5.59. The van der Waals surface area contributed by atoms with Crippen LogP contribution in [-0.4, -0.2) is 13.7 Å². The molecule has 0 bridgehead atoms. The summed E-state index contributed by atoms with van der Waals surface area (Å²) in [6, 6.07) is 16.7. The highest BCUT2D eigenvalue weighted by Gasteiger charge is 2.05. The van der Waals surface area contributed by atoms with Crippen molar-refractivity contribution in [1.82, 2.24) is 0 Å². The van der Waals surface area contributed by atoms with Crippen molar-refractivity contribution in [3.63, 3.8) is 0 Å². The third kappa shape index (κ3) is 2.59. The molecule has 0 aliphatic rings. The smallest absolute Gasteiger partial charge is 0.127 e. The number of benzene rings is 2. The minimum absolute atomic E-state index is 0.654. The lowest BCUT2D eigenvalue weighted by Gasteiger charge is -2.10. The summed E-state index contributed by atoms with van der Waals surface area (Å²) >= 11 is 0. The van der Waals surface area contributed by atoms with Crippen LogP contribution in [0.25, 0.3) is 11.1 Å². The largest absolute Gasteiger partial charge is 0.497 e. The van der Waals surface area contributed by atoms with Crippen molar-refractivity contribution in [2.45, 2.75) is 6.92 Å². The van der Waals surface area contributed by atoms with E-state index in [4.69, 9.17) is 9.47 Å².